The summed E-state index contributed by atoms with van der Waals surface area (Å²) in [5.74, 6) is 0. The Kier molecular flexibility index (Phi) is 7.94. The fourth-order valence-corrected chi connectivity index (χ4v) is 0.964. The molecule has 0 unspecified atom stereocenters. The average molecular weight is 268 g/mol. The van der Waals surface area contributed by atoms with Gasteiger partial charge >= 0.3 is 17.1 Å². The molecular formula is C10H8FeN6. The van der Waals surface area contributed by atoms with E-state index in [9.17, 15) is 0 Å². The second-order valence-electron chi connectivity index (χ2n) is 2.67. The predicted octanol–water partition coefficient (Wildman–Crippen LogP) is 4.69. The topological polar surface area (TPSA) is 97.5 Å². The minimum Gasteiger partial charge on any atom is -0.213 e. The van der Waals surface area contributed by atoms with Crippen LogP contribution in [0.1, 0.15) is 0 Å². The van der Waals surface area contributed by atoms with Gasteiger partial charge in [-0.05, 0) is 11.1 Å². The number of azide groups is 2. The largest absolute Gasteiger partial charge is 2.00 e. The van der Waals surface area contributed by atoms with Crippen molar-refractivity contribution < 1.29 is 17.1 Å². The van der Waals surface area contributed by atoms with Gasteiger partial charge in [0.2, 0.25) is 0 Å². The van der Waals surface area contributed by atoms with Crippen LogP contribution in [-0.2, 0) is 17.1 Å². The molecule has 0 fully saturated rings. The number of hydrogen-bond donors (Lipinski definition) is 0. The first kappa shape index (κ1) is 14.8. The Morgan fingerprint density at radius 3 is 1.53 bits per heavy atom. The van der Waals surface area contributed by atoms with Crippen LogP contribution in [0.2, 0.25) is 0 Å². The van der Waals surface area contributed by atoms with Gasteiger partial charge in [-0.3, -0.25) is 0 Å². The molecule has 0 aliphatic heterocycles. The molecule has 0 spiro atoms. The third kappa shape index (κ3) is 6.10. The minimum absolute atomic E-state index is 0. The number of rotatable bonds is 2. The van der Waals surface area contributed by atoms with Crippen LogP contribution in [0.25, 0.3) is 20.9 Å². The SMILES string of the molecule is [Fe+2].[N-]=[N+]=Nc1ccc[cH-]1.[N-]=[N+]=Nc1ccc[cH-]1. The van der Waals surface area contributed by atoms with Crippen LogP contribution in [0.4, 0.5) is 11.4 Å². The van der Waals surface area contributed by atoms with E-state index >= 15 is 0 Å². The van der Waals surface area contributed by atoms with Gasteiger partial charge in [-0.1, -0.05) is 21.6 Å². The first-order valence-electron chi connectivity index (χ1n) is 4.40. The maximum Gasteiger partial charge on any atom is 2.00 e. The first-order chi connectivity index (χ1) is 7.86. The van der Waals surface area contributed by atoms with Gasteiger partial charge in [-0.15, -0.1) is 0 Å². The van der Waals surface area contributed by atoms with Gasteiger partial charge in [0, 0.05) is 9.82 Å². The van der Waals surface area contributed by atoms with E-state index in [2.05, 4.69) is 20.1 Å². The maximum atomic E-state index is 7.90. The molecule has 0 amide bonds. The molecule has 0 radical (unpaired) electrons. The normalized spacial score (nSPS) is 7.53. The van der Waals surface area contributed by atoms with Gasteiger partial charge in [0.15, 0.2) is 0 Å². The monoisotopic (exact) mass is 268 g/mol. The number of nitrogens with zero attached hydrogens (tertiary/aromatic N) is 6. The zero-order valence-electron chi connectivity index (χ0n) is 8.66. The molecule has 0 saturated heterocycles. The summed E-state index contributed by atoms with van der Waals surface area (Å²) in [6.45, 7) is 0. The molecule has 0 saturated carbocycles. The molecule has 6 nitrogen and oxygen atoms in total. The molecule has 2 rings (SSSR count). The first-order valence-corrected chi connectivity index (χ1v) is 4.40. The molecule has 0 aromatic heterocycles. The van der Waals surface area contributed by atoms with E-state index in [1.165, 1.54) is 0 Å². The summed E-state index contributed by atoms with van der Waals surface area (Å²) in [7, 11) is 0. The second-order valence-corrected chi connectivity index (χ2v) is 2.67. The Labute approximate surface area is 108 Å². The molecule has 0 N–H and O–H groups in total. The van der Waals surface area contributed by atoms with Gasteiger partial charge in [0.25, 0.3) is 0 Å². The van der Waals surface area contributed by atoms with Crippen molar-refractivity contribution in [3.05, 3.63) is 69.4 Å². The molecule has 0 atom stereocenters. The summed E-state index contributed by atoms with van der Waals surface area (Å²) in [6, 6.07) is 14.3. The third-order valence-electron chi connectivity index (χ3n) is 1.61. The molecular weight excluding hydrogens is 260 g/mol. The van der Waals surface area contributed by atoms with Crippen molar-refractivity contribution in [2.24, 2.45) is 10.2 Å². The Balaban J connectivity index is 0.000000284. The van der Waals surface area contributed by atoms with Crippen molar-refractivity contribution in [3.63, 3.8) is 0 Å². The van der Waals surface area contributed by atoms with E-state index < -0.39 is 0 Å². The van der Waals surface area contributed by atoms with Crippen molar-refractivity contribution in [2.45, 2.75) is 0 Å². The minimum atomic E-state index is 0. The van der Waals surface area contributed by atoms with Gasteiger partial charge in [0.05, 0.1) is 0 Å². The third-order valence-corrected chi connectivity index (χ3v) is 1.61. The van der Waals surface area contributed by atoms with E-state index in [1.54, 1.807) is 24.3 Å². The second kappa shape index (κ2) is 9.09. The Morgan fingerprint density at radius 1 is 0.882 bits per heavy atom. The van der Waals surface area contributed by atoms with E-state index in [0.717, 1.165) is 0 Å². The van der Waals surface area contributed by atoms with E-state index in [1.807, 2.05) is 24.3 Å². The quantitative estimate of drug-likeness (QED) is 0.248. The predicted molar refractivity (Wildman–Crippen MR) is 61.7 cm³/mol. The smallest absolute Gasteiger partial charge is 0.213 e. The van der Waals surface area contributed by atoms with Gasteiger partial charge in [0.1, 0.15) is 0 Å². The zero-order chi connectivity index (χ0) is 11.6. The van der Waals surface area contributed by atoms with Crippen LogP contribution < -0.4 is 0 Å². The zero-order valence-corrected chi connectivity index (χ0v) is 9.76. The molecule has 86 valence electrons. The van der Waals surface area contributed by atoms with Crippen LogP contribution in [0.5, 0.6) is 0 Å². The molecule has 2 aromatic carbocycles. The van der Waals surface area contributed by atoms with Crippen molar-refractivity contribution in [1.82, 2.24) is 0 Å². The molecule has 0 heterocycles. The Hall–Kier alpha value is -2.16. The van der Waals surface area contributed by atoms with Crippen LogP contribution in [0.15, 0.2) is 58.8 Å². The molecule has 0 bridgehead atoms. The summed E-state index contributed by atoms with van der Waals surface area (Å²) in [5, 5.41) is 6.69. The fraction of sp³-hybridized carbons (Fsp3) is 0. The molecule has 0 aliphatic carbocycles. The van der Waals surface area contributed by atoms with Crippen molar-refractivity contribution >= 4 is 11.4 Å². The molecule has 7 heteroatoms. The van der Waals surface area contributed by atoms with E-state index in [0.29, 0.717) is 11.4 Å². The summed E-state index contributed by atoms with van der Waals surface area (Å²) < 4.78 is 0. The van der Waals surface area contributed by atoms with Crippen molar-refractivity contribution in [3.8, 4) is 0 Å². The summed E-state index contributed by atoms with van der Waals surface area (Å²) in [6.07, 6.45) is 0. The summed E-state index contributed by atoms with van der Waals surface area (Å²) in [5.41, 5.74) is 17.1. The molecule has 17 heavy (non-hydrogen) atoms. The van der Waals surface area contributed by atoms with Crippen LogP contribution in [-0.4, -0.2) is 0 Å². The Morgan fingerprint density at radius 2 is 1.29 bits per heavy atom. The summed E-state index contributed by atoms with van der Waals surface area (Å²) in [4.78, 5) is 5.21. The number of hydrogen-bond acceptors (Lipinski definition) is 2. The van der Waals surface area contributed by atoms with Crippen molar-refractivity contribution in [1.29, 1.82) is 0 Å². The van der Waals surface area contributed by atoms with Crippen LogP contribution in [0, 0.1) is 0 Å². The van der Waals surface area contributed by atoms with Crippen LogP contribution in [0.3, 0.4) is 0 Å². The maximum absolute atomic E-state index is 7.90. The molecule has 2 aromatic rings. The van der Waals surface area contributed by atoms with E-state index in [-0.39, 0.29) is 17.1 Å². The fourth-order valence-electron chi connectivity index (χ4n) is 0.964. The average Bonchev–Trinajstić information content (AvgIpc) is 2.92. The molecule has 0 aliphatic rings. The van der Waals surface area contributed by atoms with E-state index in [4.69, 9.17) is 11.1 Å². The standard InChI is InChI=1S/2C5H4N3.Fe/c2*6-8-7-5-3-1-2-4-5;/h2*1-4H;/q2*-1;+2. The van der Waals surface area contributed by atoms with Crippen LogP contribution >= 0.6 is 0 Å². The van der Waals surface area contributed by atoms with Gasteiger partial charge in [-0.2, -0.15) is 24.3 Å². The van der Waals surface area contributed by atoms with Gasteiger partial charge in [-0.25, -0.2) is 24.3 Å². The van der Waals surface area contributed by atoms with Crippen molar-refractivity contribution in [2.75, 3.05) is 0 Å². The summed E-state index contributed by atoms with van der Waals surface area (Å²) >= 11 is 0. The Bertz CT molecular complexity index is 441. The van der Waals surface area contributed by atoms with Gasteiger partial charge < -0.3 is 0 Å².